The molecular weight excluding hydrogens is 226 g/mol. The van der Waals surface area contributed by atoms with Crippen molar-refractivity contribution in [3.8, 4) is 0 Å². The Hall–Kier alpha value is -1.13. The Labute approximate surface area is 108 Å². The van der Waals surface area contributed by atoms with Crippen molar-refractivity contribution in [2.75, 3.05) is 32.7 Å². The molecule has 3 rings (SSSR count). The van der Waals surface area contributed by atoms with Crippen LogP contribution in [0, 0.1) is 0 Å². The van der Waals surface area contributed by atoms with E-state index in [4.69, 9.17) is 0 Å². The van der Waals surface area contributed by atoms with Gasteiger partial charge in [-0.1, -0.05) is 0 Å². The lowest BCUT2D eigenvalue weighted by atomic mass is 10.2. The number of rotatable bonds is 4. The molecule has 1 aromatic rings. The van der Waals surface area contributed by atoms with E-state index >= 15 is 0 Å². The molecule has 0 atom stereocenters. The number of aryl methyl sites for hydroxylation is 1. The Balaban J connectivity index is 1.50. The lowest BCUT2D eigenvalue weighted by Gasteiger charge is -2.34. The predicted molar refractivity (Wildman–Crippen MR) is 70.8 cm³/mol. The van der Waals surface area contributed by atoms with Gasteiger partial charge < -0.3 is 4.57 Å². The fraction of sp³-hybridized carbons (Fsp3) is 0.643. The summed E-state index contributed by atoms with van der Waals surface area (Å²) in [6, 6.07) is 2.76. The standard InChI is InChI=1S/C14H21N3O/c1-15-5-4-12(10-15)14(18)11-16-6-8-17(9-7-16)13-2-3-13/h4-5,10,13H,2-3,6-9,11H2,1H3. The van der Waals surface area contributed by atoms with Crippen molar-refractivity contribution >= 4 is 5.78 Å². The largest absolute Gasteiger partial charge is 0.357 e. The SMILES string of the molecule is Cn1ccc(C(=O)CN2CCN(C3CC3)CC2)c1. The molecule has 0 unspecified atom stereocenters. The van der Waals surface area contributed by atoms with E-state index in [0.717, 1.165) is 37.8 Å². The zero-order chi connectivity index (χ0) is 12.5. The monoisotopic (exact) mass is 247 g/mol. The van der Waals surface area contributed by atoms with Gasteiger partial charge in [0.1, 0.15) is 0 Å². The first-order valence-corrected chi connectivity index (χ1v) is 6.84. The molecule has 0 spiro atoms. The number of piperazine rings is 1. The summed E-state index contributed by atoms with van der Waals surface area (Å²) in [6.07, 6.45) is 6.59. The van der Waals surface area contributed by atoms with E-state index in [9.17, 15) is 4.79 Å². The number of carbonyl (C=O) groups excluding carboxylic acids is 1. The zero-order valence-corrected chi connectivity index (χ0v) is 11.0. The molecule has 0 aromatic carbocycles. The van der Waals surface area contributed by atoms with Gasteiger partial charge in [0.2, 0.25) is 0 Å². The van der Waals surface area contributed by atoms with Crippen LogP contribution in [0.5, 0.6) is 0 Å². The van der Waals surface area contributed by atoms with Gasteiger partial charge in [-0.05, 0) is 18.9 Å². The smallest absolute Gasteiger partial charge is 0.178 e. The van der Waals surface area contributed by atoms with E-state index in [0.29, 0.717) is 6.54 Å². The number of hydrogen-bond donors (Lipinski definition) is 0. The minimum absolute atomic E-state index is 0.246. The third-order valence-corrected chi connectivity index (χ3v) is 3.99. The van der Waals surface area contributed by atoms with E-state index < -0.39 is 0 Å². The van der Waals surface area contributed by atoms with E-state index in [1.807, 2.05) is 30.1 Å². The van der Waals surface area contributed by atoms with Crippen molar-refractivity contribution in [1.29, 1.82) is 0 Å². The molecule has 0 bridgehead atoms. The summed E-state index contributed by atoms with van der Waals surface area (Å²) in [7, 11) is 1.95. The molecule has 1 aliphatic heterocycles. The van der Waals surface area contributed by atoms with Crippen molar-refractivity contribution in [3.63, 3.8) is 0 Å². The molecule has 2 fully saturated rings. The average Bonchev–Trinajstić information content (AvgIpc) is 3.12. The summed E-state index contributed by atoms with van der Waals surface area (Å²) in [5.74, 6) is 0.246. The van der Waals surface area contributed by atoms with Crippen LogP contribution in [-0.2, 0) is 7.05 Å². The van der Waals surface area contributed by atoms with Crippen LogP contribution in [0.3, 0.4) is 0 Å². The second-order valence-electron chi connectivity index (χ2n) is 5.53. The van der Waals surface area contributed by atoms with Gasteiger partial charge in [-0.2, -0.15) is 0 Å². The Morgan fingerprint density at radius 2 is 2.00 bits per heavy atom. The van der Waals surface area contributed by atoms with Crippen LogP contribution in [0.4, 0.5) is 0 Å². The maximum atomic E-state index is 12.1. The van der Waals surface area contributed by atoms with Gasteiger partial charge in [0.25, 0.3) is 0 Å². The molecule has 4 nitrogen and oxygen atoms in total. The van der Waals surface area contributed by atoms with Crippen LogP contribution in [0.1, 0.15) is 23.2 Å². The minimum atomic E-state index is 0.246. The summed E-state index contributed by atoms with van der Waals surface area (Å²) >= 11 is 0. The quantitative estimate of drug-likeness (QED) is 0.743. The van der Waals surface area contributed by atoms with E-state index in [1.165, 1.54) is 12.8 Å². The van der Waals surface area contributed by atoms with Crippen LogP contribution in [-0.4, -0.2) is 58.9 Å². The first-order chi connectivity index (χ1) is 8.72. The number of ketones is 1. The molecule has 1 saturated heterocycles. The van der Waals surface area contributed by atoms with Gasteiger partial charge in [-0.15, -0.1) is 0 Å². The molecule has 1 aliphatic carbocycles. The number of nitrogens with zero attached hydrogens (tertiary/aromatic N) is 3. The van der Waals surface area contributed by atoms with Gasteiger partial charge >= 0.3 is 0 Å². The van der Waals surface area contributed by atoms with Crippen molar-refractivity contribution in [1.82, 2.24) is 14.4 Å². The van der Waals surface area contributed by atoms with Gasteiger partial charge in [0, 0.05) is 57.2 Å². The number of hydrogen-bond acceptors (Lipinski definition) is 3. The van der Waals surface area contributed by atoms with Crippen molar-refractivity contribution < 1.29 is 4.79 Å². The Bertz CT molecular complexity index is 428. The second-order valence-corrected chi connectivity index (χ2v) is 5.53. The second kappa shape index (κ2) is 4.86. The Kier molecular flexibility index (Phi) is 3.22. The molecule has 18 heavy (non-hydrogen) atoms. The van der Waals surface area contributed by atoms with Crippen LogP contribution in [0.2, 0.25) is 0 Å². The van der Waals surface area contributed by atoms with Crippen LogP contribution >= 0.6 is 0 Å². The predicted octanol–water partition coefficient (Wildman–Crippen LogP) is 0.988. The molecule has 1 aromatic heterocycles. The fourth-order valence-corrected chi connectivity index (χ4v) is 2.69. The number of carbonyl (C=O) groups is 1. The molecule has 4 heteroatoms. The molecule has 2 aliphatic rings. The summed E-state index contributed by atoms with van der Waals surface area (Å²) in [5, 5.41) is 0. The van der Waals surface area contributed by atoms with Gasteiger partial charge in [-0.25, -0.2) is 0 Å². The van der Waals surface area contributed by atoms with E-state index in [2.05, 4.69) is 9.80 Å². The van der Waals surface area contributed by atoms with Crippen molar-refractivity contribution in [2.45, 2.75) is 18.9 Å². The summed E-state index contributed by atoms with van der Waals surface area (Å²) in [5.41, 5.74) is 0.835. The lowest BCUT2D eigenvalue weighted by molar-refractivity contribution is 0.0843. The minimum Gasteiger partial charge on any atom is -0.357 e. The highest BCUT2D eigenvalue weighted by Crippen LogP contribution is 2.27. The number of aromatic nitrogens is 1. The van der Waals surface area contributed by atoms with Gasteiger partial charge in [0.05, 0.1) is 6.54 Å². The van der Waals surface area contributed by atoms with E-state index in [1.54, 1.807) is 0 Å². The summed E-state index contributed by atoms with van der Waals surface area (Å²) < 4.78 is 1.93. The fourth-order valence-electron chi connectivity index (χ4n) is 2.69. The molecule has 0 N–H and O–H groups in total. The summed E-state index contributed by atoms with van der Waals surface area (Å²) in [4.78, 5) is 16.9. The van der Waals surface area contributed by atoms with Crippen molar-refractivity contribution in [2.24, 2.45) is 7.05 Å². The topological polar surface area (TPSA) is 28.5 Å². The highest BCUT2D eigenvalue weighted by molar-refractivity contribution is 5.97. The van der Waals surface area contributed by atoms with E-state index in [-0.39, 0.29) is 5.78 Å². The molecule has 2 heterocycles. The van der Waals surface area contributed by atoms with Crippen LogP contribution in [0.15, 0.2) is 18.5 Å². The lowest BCUT2D eigenvalue weighted by Crippen LogP contribution is -2.48. The maximum Gasteiger partial charge on any atom is 0.178 e. The molecule has 0 amide bonds. The first-order valence-electron chi connectivity index (χ1n) is 6.84. The highest BCUT2D eigenvalue weighted by Gasteiger charge is 2.31. The summed E-state index contributed by atoms with van der Waals surface area (Å²) in [6.45, 7) is 4.91. The zero-order valence-electron chi connectivity index (χ0n) is 11.0. The van der Waals surface area contributed by atoms with Gasteiger partial charge in [0.15, 0.2) is 5.78 Å². The molecule has 98 valence electrons. The van der Waals surface area contributed by atoms with Gasteiger partial charge in [-0.3, -0.25) is 14.6 Å². The molecular formula is C14H21N3O. The third kappa shape index (κ3) is 2.65. The van der Waals surface area contributed by atoms with Crippen LogP contribution < -0.4 is 0 Å². The van der Waals surface area contributed by atoms with Crippen LogP contribution in [0.25, 0.3) is 0 Å². The first kappa shape index (κ1) is 11.9. The molecule has 0 radical (unpaired) electrons. The maximum absolute atomic E-state index is 12.1. The third-order valence-electron chi connectivity index (χ3n) is 3.99. The average molecular weight is 247 g/mol. The Morgan fingerprint density at radius 1 is 1.28 bits per heavy atom. The molecule has 1 saturated carbocycles. The van der Waals surface area contributed by atoms with Crippen molar-refractivity contribution in [3.05, 3.63) is 24.0 Å². The highest BCUT2D eigenvalue weighted by atomic mass is 16.1. The Morgan fingerprint density at radius 3 is 2.56 bits per heavy atom. The normalized spacial score (nSPS) is 22.3. The number of Topliss-reactive ketones (excluding diaryl/α,β-unsaturated/α-hetero) is 1.